The summed E-state index contributed by atoms with van der Waals surface area (Å²) >= 11 is 0. The SMILES string of the molecule is CNCc1cnccc1Oc1cccc(F)c1F. The summed E-state index contributed by atoms with van der Waals surface area (Å²) in [7, 11) is 1.78. The first-order chi connectivity index (χ1) is 8.72. The molecule has 18 heavy (non-hydrogen) atoms. The van der Waals surface area contributed by atoms with Crippen LogP contribution in [0.5, 0.6) is 11.5 Å². The van der Waals surface area contributed by atoms with Crippen LogP contribution in [0.3, 0.4) is 0 Å². The van der Waals surface area contributed by atoms with Crippen LogP contribution in [0.1, 0.15) is 5.56 Å². The van der Waals surface area contributed by atoms with Crippen molar-refractivity contribution in [2.24, 2.45) is 0 Å². The highest BCUT2D eigenvalue weighted by atomic mass is 19.2. The Kier molecular flexibility index (Phi) is 3.84. The van der Waals surface area contributed by atoms with Gasteiger partial charge in [-0.15, -0.1) is 0 Å². The summed E-state index contributed by atoms with van der Waals surface area (Å²) in [5, 5.41) is 2.95. The van der Waals surface area contributed by atoms with Crippen LogP contribution in [0, 0.1) is 11.6 Å². The molecule has 1 aromatic carbocycles. The first-order valence-corrected chi connectivity index (χ1v) is 5.41. The van der Waals surface area contributed by atoms with E-state index in [1.807, 2.05) is 0 Å². The zero-order valence-corrected chi connectivity index (χ0v) is 9.78. The summed E-state index contributed by atoms with van der Waals surface area (Å²) in [6.45, 7) is 0.528. The number of rotatable bonds is 4. The molecule has 0 atom stereocenters. The van der Waals surface area contributed by atoms with Crippen molar-refractivity contribution in [1.29, 1.82) is 0 Å². The van der Waals surface area contributed by atoms with Crippen LogP contribution in [-0.4, -0.2) is 12.0 Å². The summed E-state index contributed by atoms with van der Waals surface area (Å²) in [4.78, 5) is 3.96. The van der Waals surface area contributed by atoms with Gasteiger partial charge in [0.1, 0.15) is 5.75 Å². The molecule has 0 saturated carbocycles. The summed E-state index contributed by atoms with van der Waals surface area (Å²) < 4.78 is 31.9. The second-order valence-electron chi connectivity index (χ2n) is 3.67. The summed E-state index contributed by atoms with van der Waals surface area (Å²) in [6, 6.07) is 5.43. The molecule has 0 amide bonds. The van der Waals surface area contributed by atoms with Crippen molar-refractivity contribution < 1.29 is 13.5 Å². The molecule has 94 valence electrons. The van der Waals surface area contributed by atoms with Crippen LogP contribution in [0.4, 0.5) is 8.78 Å². The highest BCUT2D eigenvalue weighted by Gasteiger charge is 2.11. The Hall–Kier alpha value is -2.01. The van der Waals surface area contributed by atoms with E-state index in [1.165, 1.54) is 18.3 Å². The molecule has 0 unspecified atom stereocenters. The third-order valence-corrected chi connectivity index (χ3v) is 2.36. The topological polar surface area (TPSA) is 34.2 Å². The molecule has 2 rings (SSSR count). The minimum absolute atomic E-state index is 0.140. The third-order valence-electron chi connectivity index (χ3n) is 2.36. The minimum atomic E-state index is -0.996. The molecule has 3 nitrogen and oxygen atoms in total. The minimum Gasteiger partial charge on any atom is -0.454 e. The predicted molar refractivity (Wildman–Crippen MR) is 63.4 cm³/mol. The van der Waals surface area contributed by atoms with Crippen LogP contribution in [0.15, 0.2) is 36.7 Å². The summed E-state index contributed by atoms with van der Waals surface area (Å²) in [5.41, 5.74) is 0.767. The summed E-state index contributed by atoms with van der Waals surface area (Å²) in [6.07, 6.45) is 3.15. The fourth-order valence-electron chi connectivity index (χ4n) is 1.52. The Labute approximate surface area is 103 Å². The third kappa shape index (κ3) is 2.62. The first kappa shape index (κ1) is 12.4. The molecular weight excluding hydrogens is 238 g/mol. The van der Waals surface area contributed by atoms with Gasteiger partial charge in [-0.3, -0.25) is 4.98 Å². The lowest BCUT2D eigenvalue weighted by molar-refractivity contribution is 0.412. The monoisotopic (exact) mass is 250 g/mol. The van der Waals surface area contributed by atoms with E-state index in [2.05, 4.69) is 10.3 Å². The molecule has 0 aliphatic carbocycles. The number of hydrogen-bond acceptors (Lipinski definition) is 3. The lowest BCUT2D eigenvalue weighted by atomic mass is 10.2. The van der Waals surface area contributed by atoms with Crippen LogP contribution in [0.25, 0.3) is 0 Å². The van der Waals surface area contributed by atoms with Gasteiger partial charge in [0.2, 0.25) is 5.82 Å². The smallest absolute Gasteiger partial charge is 0.201 e. The number of hydrogen-bond donors (Lipinski definition) is 1. The molecule has 2 aromatic rings. The molecule has 0 saturated heterocycles. The summed E-state index contributed by atoms with van der Waals surface area (Å²) in [5.74, 6) is -1.62. The Morgan fingerprint density at radius 2 is 2.06 bits per heavy atom. The standard InChI is InChI=1S/C13H12F2N2O/c1-16-7-9-8-17-6-5-11(9)18-12-4-2-3-10(14)13(12)15/h2-6,8,16H,7H2,1H3. The van der Waals surface area contributed by atoms with Gasteiger partial charge in [0.25, 0.3) is 0 Å². The van der Waals surface area contributed by atoms with E-state index in [9.17, 15) is 8.78 Å². The maximum absolute atomic E-state index is 13.5. The Morgan fingerprint density at radius 3 is 2.83 bits per heavy atom. The highest BCUT2D eigenvalue weighted by Crippen LogP contribution is 2.27. The van der Waals surface area contributed by atoms with Crippen molar-refractivity contribution in [1.82, 2.24) is 10.3 Å². The average Bonchev–Trinajstić information content (AvgIpc) is 2.37. The quantitative estimate of drug-likeness (QED) is 0.906. The fraction of sp³-hybridized carbons (Fsp3) is 0.154. The van der Waals surface area contributed by atoms with Crippen LogP contribution < -0.4 is 10.1 Å². The molecule has 0 spiro atoms. The average molecular weight is 250 g/mol. The van der Waals surface area contributed by atoms with Crippen LogP contribution in [0.2, 0.25) is 0 Å². The van der Waals surface area contributed by atoms with E-state index in [4.69, 9.17) is 4.74 Å². The number of ether oxygens (including phenoxy) is 1. The van der Waals surface area contributed by atoms with E-state index in [1.54, 1.807) is 19.3 Å². The molecule has 0 bridgehead atoms. The molecule has 5 heteroatoms. The zero-order chi connectivity index (χ0) is 13.0. The van der Waals surface area contributed by atoms with Gasteiger partial charge in [0.15, 0.2) is 11.6 Å². The molecule has 0 radical (unpaired) electrons. The van der Waals surface area contributed by atoms with Gasteiger partial charge >= 0.3 is 0 Å². The first-order valence-electron chi connectivity index (χ1n) is 5.41. The Bertz CT molecular complexity index is 546. The highest BCUT2D eigenvalue weighted by molar-refractivity contribution is 5.36. The van der Waals surface area contributed by atoms with Gasteiger partial charge in [-0.2, -0.15) is 4.39 Å². The van der Waals surface area contributed by atoms with Crippen molar-refractivity contribution in [3.8, 4) is 11.5 Å². The fourth-order valence-corrected chi connectivity index (χ4v) is 1.52. The Balaban J connectivity index is 2.31. The number of nitrogens with one attached hydrogen (secondary N) is 1. The molecule has 0 aliphatic rings. The molecular formula is C13H12F2N2O. The van der Waals surface area contributed by atoms with Gasteiger partial charge in [-0.25, -0.2) is 4.39 Å². The van der Waals surface area contributed by atoms with Gasteiger partial charge in [-0.05, 0) is 25.2 Å². The zero-order valence-electron chi connectivity index (χ0n) is 9.78. The van der Waals surface area contributed by atoms with Crippen molar-refractivity contribution in [2.75, 3.05) is 7.05 Å². The van der Waals surface area contributed by atoms with Gasteiger partial charge in [0, 0.05) is 24.5 Å². The van der Waals surface area contributed by atoms with Crippen molar-refractivity contribution >= 4 is 0 Å². The van der Waals surface area contributed by atoms with Crippen LogP contribution >= 0.6 is 0 Å². The molecule has 1 heterocycles. The maximum Gasteiger partial charge on any atom is 0.201 e. The van der Waals surface area contributed by atoms with Crippen molar-refractivity contribution in [2.45, 2.75) is 6.54 Å². The van der Waals surface area contributed by atoms with Gasteiger partial charge in [-0.1, -0.05) is 6.07 Å². The van der Waals surface area contributed by atoms with E-state index in [-0.39, 0.29) is 5.75 Å². The largest absolute Gasteiger partial charge is 0.454 e. The number of nitrogens with zero attached hydrogens (tertiary/aromatic N) is 1. The van der Waals surface area contributed by atoms with Crippen LogP contribution in [-0.2, 0) is 6.54 Å². The van der Waals surface area contributed by atoms with E-state index < -0.39 is 11.6 Å². The van der Waals surface area contributed by atoms with Gasteiger partial charge < -0.3 is 10.1 Å². The second kappa shape index (κ2) is 5.55. The second-order valence-corrected chi connectivity index (χ2v) is 3.67. The van der Waals surface area contributed by atoms with Crippen molar-refractivity contribution in [3.05, 3.63) is 53.9 Å². The van der Waals surface area contributed by atoms with Crippen molar-refractivity contribution in [3.63, 3.8) is 0 Å². The van der Waals surface area contributed by atoms with E-state index >= 15 is 0 Å². The molecule has 1 aromatic heterocycles. The number of benzene rings is 1. The lowest BCUT2D eigenvalue weighted by Gasteiger charge is -2.11. The normalized spacial score (nSPS) is 10.4. The molecule has 0 aliphatic heterocycles. The number of halogens is 2. The maximum atomic E-state index is 13.5. The predicted octanol–water partition coefficient (Wildman–Crippen LogP) is 2.87. The number of pyridine rings is 1. The van der Waals surface area contributed by atoms with Gasteiger partial charge in [0.05, 0.1) is 0 Å². The lowest BCUT2D eigenvalue weighted by Crippen LogP contribution is -2.07. The number of aromatic nitrogens is 1. The van der Waals surface area contributed by atoms with E-state index in [0.29, 0.717) is 12.3 Å². The molecule has 1 N–H and O–H groups in total. The van der Waals surface area contributed by atoms with E-state index in [0.717, 1.165) is 11.6 Å². The Morgan fingerprint density at radius 1 is 1.22 bits per heavy atom. The molecule has 0 fully saturated rings.